The molecule has 1 aromatic rings. The summed E-state index contributed by atoms with van der Waals surface area (Å²) in [6, 6.07) is 1.82. The molecule has 1 aromatic heterocycles. The molecule has 1 aliphatic rings. The number of anilines is 1. The van der Waals surface area contributed by atoms with Crippen LogP contribution in [0.1, 0.15) is 13.8 Å². The van der Waals surface area contributed by atoms with E-state index in [1.165, 1.54) is 6.33 Å². The lowest BCUT2D eigenvalue weighted by Crippen LogP contribution is -2.22. The van der Waals surface area contributed by atoms with Crippen molar-refractivity contribution in [1.29, 1.82) is 0 Å². The smallest absolute Gasteiger partial charge is 0.134 e. The lowest BCUT2D eigenvalue weighted by atomic mass is 9.99. The maximum Gasteiger partial charge on any atom is 0.134 e. The second kappa shape index (κ2) is 5.65. The number of halogens is 1. The topological polar surface area (TPSA) is 38.2 Å². The molecule has 1 fully saturated rings. The van der Waals surface area contributed by atoms with Gasteiger partial charge in [0.1, 0.15) is 17.3 Å². The molecule has 4 nitrogen and oxygen atoms in total. The second-order valence-corrected chi connectivity index (χ2v) is 4.89. The number of ether oxygens (including phenoxy) is 1. The molecule has 94 valence electrons. The standard InChI is InChI=1S/C12H18ClN3O/c1-3-17-7-10-6-16(5-9(10)2)12-4-11(13)14-8-15-12/h4,8-10H,3,5-7H2,1-2H3/t9-,10-/m1/s1. The van der Waals surface area contributed by atoms with E-state index in [0.29, 0.717) is 17.0 Å². The highest BCUT2D eigenvalue weighted by molar-refractivity contribution is 6.29. The van der Waals surface area contributed by atoms with Gasteiger partial charge in [0.15, 0.2) is 0 Å². The van der Waals surface area contributed by atoms with E-state index in [-0.39, 0.29) is 0 Å². The van der Waals surface area contributed by atoms with Crippen LogP contribution in [0.15, 0.2) is 12.4 Å². The van der Waals surface area contributed by atoms with Crippen molar-refractivity contribution in [2.45, 2.75) is 13.8 Å². The Bertz CT molecular complexity index is 375. The van der Waals surface area contributed by atoms with E-state index in [0.717, 1.165) is 32.1 Å². The molecule has 2 rings (SSSR count). The Hall–Kier alpha value is -0.870. The maximum atomic E-state index is 5.88. The normalized spacial score (nSPS) is 24.3. The van der Waals surface area contributed by atoms with E-state index >= 15 is 0 Å². The van der Waals surface area contributed by atoms with E-state index in [4.69, 9.17) is 16.3 Å². The lowest BCUT2D eigenvalue weighted by Gasteiger charge is -2.17. The highest BCUT2D eigenvalue weighted by Gasteiger charge is 2.30. The third-order valence-corrected chi connectivity index (χ3v) is 3.45. The van der Waals surface area contributed by atoms with Gasteiger partial charge in [-0.2, -0.15) is 0 Å². The lowest BCUT2D eigenvalue weighted by molar-refractivity contribution is 0.104. The summed E-state index contributed by atoms with van der Waals surface area (Å²) >= 11 is 5.88. The van der Waals surface area contributed by atoms with Crippen LogP contribution in [0.5, 0.6) is 0 Å². The maximum absolute atomic E-state index is 5.88. The van der Waals surface area contributed by atoms with Crippen LogP contribution >= 0.6 is 11.6 Å². The van der Waals surface area contributed by atoms with Crippen LogP contribution in [0.25, 0.3) is 0 Å². The molecule has 0 bridgehead atoms. The SMILES string of the molecule is CCOC[C@H]1CN(c2cc(Cl)ncn2)C[C@H]1C. The summed E-state index contributed by atoms with van der Waals surface area (Å²) in [5.74, 6) is 2.11. The van der Waals surface area contributed by atoms with Crippen molar-refractivity contribution < 1.29 is 4.74 Å². The van der Waals surface area contributed by atoms with Gasteiger partial charge in [-0.05, 0) is 12.8 Å². The molecule has 0 N–H and O–H groups in total. The highest BCUT2D eigenvalue weighted by Crippen LogP contribution is 2.27. The Morgan fingerprint density at radius 3 is 3.00 bits per heavy atom. The second-order valence-electron chi connectivity index (χ2n) is 4.50. The monoisotopic (exact) mass is 255 g/mol. The quantitative estimate of drug-likeness (QED) is 0.774. The van der Waals surface area contributed by atoms with Gasteiger partial charge in [-0.3, -0.25) is 0 Å². The summed E-state index contributed by atoms with van der Waals surface area (Å²) < 4.78 is 5.51. The molecule has 0 spiro atoms. The predicted octanol–water partition coefficient (Wildman–Crippen LogP) is 2.24. The predicted molar refractivity (Wildman–Crippen MR) is 68.4 cm³/mol. The van der Waals surface area contributed by atoms with Gasteiger partial charge < -0.3 is 9.64 Å². The van der Waals surface area contributed by atoms with Gasteiger partial charge in [0, 0.05) is 31.7 Å². The first-order valence-electron chi connectivity index (χ1n) is 6.01. The molecular formula is C12H18ClN3O. The molecule has 1 saturated heterocycles. The minimum Gasteiger partial charge on any atom is -0.381 e. The summed E-state index contributed by atoms with van der Waals surface area (Å²) in [6.07, 6.45) is 1.51. The molecule has 17 heavy (non-hydrogen) atoms. The Kier molecular flexibility index (Phi) is 4.18. The molecule has 2 heterocycles. The summed E-state index contributed by atoms with van der Waals surface area (Å²) in [7, 11) is 0. The number of hydrogen-bond donors (Lipinski definition) is 0. The van der Waals surface area contributed by atoms with E-state index in [9.17, 15) is 0 Å². The Morgan fingerprint density at radius 1 is 1.47 bits per heavy atom. The molecular weight excluding hydrogens is 238 g/mol. The number of hydrogen-bond acceptors (Lipinski definition) is 4. The van der Waals surface area contributed by atoms with Crippen molar-refractivity contribution in [2.75, 3.05) is 31.2 Å². The zero-order valence-electron chi connectivity index (χ0n) is 10.3. The van der Waals surface area contributed by atoms with Crippen molar-refractivity contribution in [3.8, 4) is 0 Å². The minimum absolute atomic E-state index is 0.496. The molecule has 0 saturated carbocycles. The van der Waals surface area contributed by atoms with Crippen molar-refractivity contribution in [3.63, 3.8) is 0 Å². The Labute approximate surface area is 107 Å². The van der Waals surface area contributed by atoms with Gasteiger partial charge in [-0.1, -0.05) is 18.5 Å². The summed E-state index contributed by atoms with van der Waals surface area (Å²) in [4.78, 5) is 10.4. The summed E-state index contributed by atoms with van der Waals surface area (Å²) in [5, 5.41) is 0.496. The average molecular weight is 256 g/mol. The zero-order valence-corrected chi connectivity index (χ0v) is 11.0. The zero-order chi connectivity index (χ0) is 12.3. The largest absolute Gasteiger partial charge is 0.381 e. The molecule has 1 aliphatic heterocycles. The van der Waals surface area contributed by atoms with Gasteiger partial charge in [0.05, 0.1) is 6.61 Å². The summed E-state index contributed by atoms with van der Waals surface area (Å²) in [6.45, 7) is 7.88. The van der Waals surface area contributed by atoms with Gasteiger partial charge in [-0.25, -0.2) is 9.97 Å². The van der Waals surface area contributed by atoms with Gasteiger partial charge in [0.2, 0.25) is 0 Å². The van der Waals surface area contributed by atoms with E-state index in [2.05, 4.69) is 21.8 Å². The van der Waals surface area contributed by atoms with Gasteiger partial charge in [0.25, 0.3) is 0 Å². The van der Waals surface area contributed by atoms with Crippen molar-refractivity contribution in [3.05, 3.63) is 17.5 Å². The first-order chi connectivity index (χ1) is 8.20. The van der Waals surface area contributed by atoms with Crippen molar-refractivity contribution >= 4 is 17.4 Å². The van der Waals surface area contributed by atoms with Crippen LogP contribution in [-0.2, 0) is 4.74 Å². The third kappa shape index (κ3) is 3.07. The van der Waals surface area contributed by atoms with Crippen LogP contribution in [0.2, 0.25) is 5.15 Å². The van der Waals surface area contributed by atoms with E-state index in [1.54, 1.807) is 0 Å². The highest BCUT2D eigenvalue weighted by atomic mass is 35.5. The van der Waals surface area contributed by atoms with Crippen LogP contribution in [0, 0.1) is 11.8 Å². The molecule has 2 atom stereocenters. The summed E-state index contributed by atoms with van der Waals surface area (Å²) in [5.41, 5.74) is 0. The first kappa shape index (κ1) is 12.6. The number of nitrogens with zero attached hydrogens (tertiary/aromatic N) is 3. The van der Waals surface area contributed by atoms with Crippen molar-refractivity contribution in [1.82, 2.24) is 9.97 Å². The Balaban J connectivity index is 2.00. The van der Waals surface area contributed by atoms with Crippen LogP contribution in [0.4, 0.5) is 5.82 Å². The average Bonchev–Trinajstić information content (AvgIpc) is 2.68. The first-order valence-corrected chi connectivity index (χ1v) is 6.38. The van der Waals surface area contributed by atoms with Gasteiger partial charge >= 0.3 is 0 Å². The molecule has 0 aromatic carbocycles. The molecule has 5 heteroatoms. The van der Waals surface area contributed by atoms with Crippen LogP contribution in [-0.4, -0.2) is 36.3 Å². The molecule has 0 unspecified atom stereocenters. The number of aromatic nitrogens is 2. The molecule has 0 radical (unpaired) electrons. The van der Waals surface area contributed by atoms with Crippen LogP contribution < -0.4 is 4.90 Å². The minimum atomic E-state index is 0.496. The van der Waals surface area contributed by atoms with Crippen LogP contribution in [0.3, 0.4) is 0 Å². The number of rotatable bonds is 4. The fraction of sp³-hybridized carbons (Fsp3) is 0.667. The van der Waals surface area contributed by atoms with Crippen molar-refractivity contribution in [2.24, 2.45) is 11.8 Å². The van der Waals surface area contributed by atoms with E-state index in [1.807, 2.05) is 13.0 Å². The fourth-order valence-electron chi connectivity index (χ4n) is 2.20. The molecule has 0 amide bonds. The van der Waals surface area contributed by atoms with Gasteiger partial charge in [-0.15, -0.1) is 0 Å². The van der Waals surface area contributed by atoms with E-state index < -0.39 is 0 Å². The molecule has 0 aliphatic carbocycles. The fourth-order valence-corrected chi connectivity index (χ4v) is 2.35. The third-order valence-electron chi connectivity index (χ3n) is 3.25. The Morgan fingerprint density at radius 2 is 2.29 bits per heavy atom.